The summed E-state index contributed by atoms with van der Waals surface area (Å²) in [6.07, 6.45) is -0.329. The SMILES string of the molecule is C[C@H]1[C@H]([Si](C)(C)F)[C@@H](CC(=O)N2Cc3ccccc3C[C@H]2CO)O[C@]12C(=O)N(Cc1ccc(I)cc1)c1ccc(Cl)cc12. The van der Waals surface area contributed by atoms with E-state index < -0.39 is 31.6 Å². The Morgan fingerprint density at radius 3 is 2.51 bits per heavy atom. The average Bonchev–Trinajstić information content (AvgIpc) is 3.39. The van der Waals surface area contributed by atoms with Crippen LogP contribution >= 0.6 is 34.2 Å². The molecule has 1 N–H and O–H groups in total. The van der Waals surface area contributed by atoms with E-state index in [1.807, 2.05) is 61.5 Å². The van der Waals surface area contributed by atoms with Crippen molar-refractivity contribution in [3.8, 4) is 0 Å². The van der Waals surface area contributed by atoms with Gasteiger partial charge < -0.3 is 23.8 Å². The Morgan fingerprint density at radius 2 is 1.84 bits per heavy atom. The van der Waals surface area contributed by atoms with Gasteiger partial charge in [0.25, 0.3) is 5.91 Å². The predicted molar refractivity (Wildman–Crippen MR) is 176 cm³/mol. The van der Waals surface area contributed by atoms with Crippen molar-refractivity contribution in [1.82, 2.24) is 4.90 Å². The third-order valence-electron chi connectivity index (χ3n) is 9.44. The van der Waals surface area contributed by atoms with Crippen molar-refractivity contribution in [2.24, 2.45) is 5.92 Å². The Labute approximate surface area is 271 Å². The first-order valence-electron chi connectivity index (χ1n) is 14.6. The van der Waals surface area contributed by atoms with Gasteiger partial charge in [-0.05, 0) is 89.1 Å². The van der Waals surface area contributed by atoms with E-state index in [0.29, 0.717) is 35.8 Å². The summed E-state index contributed by atoms with van der Waals surface area (Å²) in [5.74, 6) is -0.994. The van der Waals surface area contributed by atoms with E-state index in [4.69, 9.17) is 16.3 Å². The fourth-order valence-electron chi connectivity index (χ4n) is 7.48. The molecule has 0 radical (unpaired) electrons. The van der Waals surface area contributed by atoms with Gasteiger partial charge in [0.05, 0.1) is 37.4 Å². The van der Waals surface area contributed by atoms with Crippen molar-refractivity contribution in [3.05, 3.63) is 97.6 Å². The Bertz CT molecular complexity index is 1570. The molecule has 6 rings (SSSR count). The molecule has 10 heteroatoms. The molecule has 0 bridgehead atoms. The smallest absolute Gasteiger partial charge is 0.264 e. The lowest BCUT2D eigenvalue weighted by molar-refractivity contribution is -0.151. The fraction of sp³-hybridized carbons (Fsp3) is 0.394. The molecule has 43 heavy (non-hydrogen) atoms. The molecule has 1 saturated heterocycles. The number of ether oxygens (including phenoxy) is 1. The molecule has 3 aliphatic rings. The highest BCUT2D eigenvalue weighted by Crippen LogP contribution is 2.60. The molecule has 1 spiro atoms. The van der Waals surface area contributed by atoms with E-state index in [1.54, 1.807) is 35.0 Å². The van der Waals surface area contributed by atoms with Crippen molar-refractivity contribution in [2.75, 3.05) is 11.5 Å². The number of amides is 2. The molecule has 3 aromatic rings. The van der Waals surface area contributed by atoms with Crippen molar-refractivity contribution < 1.29 is 23.5 Å². The summed E-state index contributed by atoms with van der Waals surface area (Å²) in [7, 11) is -3.46. The van der Waals surface area contributed by atoms with Crippen LogP contribution in [0, 0.1) is 9.49 Å². The summed E-state index contributed by atoms with van der Waals surface area (Å²) in [4.78, 5) is 31.9. The number of fused-ring (bicyclic) bond motifs is 3. The van der Waals surface area contributed by atoms with Crippen molar-refractivity contribution in [2.45, 2.75) is 69.2 Å². The second-order valence-electron chi connectivity index (χ2n) is 12.5. The predicted octanol–water partition coefficient (Wildman–Crippen LogP) is 6.60. The summed E-state index contributed by atoms with van der Waals surface area (Å²) in [6.45, 7) is 5.67. The van der Waals surface area contributed by atoms with Crippen molar-refractivity contribution in [1.29, 1.82) is 0 Å². The molecule has 3 aliphatic heterocycles. The lowest BCUT2D eigenvalue weighted by Gasteiger charge is -2.37. The summed E-state index contributed by atoms with van der Waals surface area (Å²) >= 11 is 8.74. The fourth-order valence-corrected chi connectivity index (χ4v) is 10.5. The maximum Gasteiger partial charge on any atom is 0.264 e. The van der Waals surface area contributed by atoms with Crippen molar-refractivity contribution >= 4 is 60.1 Å². The topological polar surface area (TPSA) is 70.1 Å². The number of aliphatic hydroxyl groups is 1. The second-order valence-corrected chi connectivity index (χ2v) is 18.0. The molecule has 1 fully saturated rings. The van der Waals surface area contributed by atoms with Crippen LogP contribution in [0.5, 0.6) is 0 Å². The first kappa shape index (κ1) is 30.7. The van der Waals surface area contributed by atoms with Gasteiger partial charge in [-0.25, -0.2) is 0 Å². The lowest BCUT2D eigenvalue weighted by Crippen LogP contribution is -2.48. The van der Waals surface area contributed by atoms with Gasteiger partial charge in [-0.1, -0.05) is 54.9 Å². The lowest BCUT2D eigenvalue weighted by atomic mass is 9.82. The minimum absolute atomic E-state index is 0.0733. The zero-order valence-corrected chi connectivity index (χ0v) is 28.3. The maximum atomic E-state index is 16.3. The first-order chi connectivity index (χ1) is 20.4. The number of hydrogen-bond donors (Lipinski definition) is 1. The maximum absolute atomic E-state index is 16.3. The summed E-state index contributed by atoms with van der Waals surface area (Å²) in [5.41, 5.74) is 2.36. The number of rotatable bonds is 6. The highest BCUT2D eigenvalue weighted by Gasteiger charge is 2.67. The minimum Gasteiger partial charge on any atom is -0.394 e. The van der Waals surface area contributed by atoms with E-state index in [1.165, 1.54) is 0 Å². The number of aliphatic hydroxyl groups excluding tert-OH is 1. The molecule has 0 unspecified atom stereocenters. The third kappa shape index (κ3) is 5.35. The molecule has 6 nitrogen and oxygen atoms in total. The molecule has 0 aliphatic carbocycles. The highest BCUT2D eigenvalue weighted by molar-refractivity contribution is 14.1. The molecule has 5 atom stereocenters. The van der Waals surface area contributed by atoms with Gasteiger partial charge in [0.15, 0.2) is 5.60 Å². The molecule has 0 aromatic heterocycles. The first-order valence-corrected chi connectivity index (χ1v) is 19.1. The quantitative estimate of drug-likeness (QED) is 0.176. The number of benzene rings is 3. The standard InChI is InChI=1S/C33H35ClFIN2O4Si/c1-20-31(43(2,3)35)29(16-30(40)37-18-23-7-5-4-6-22(23)14-26(37)19-39)42-33(20)27-15-24(34)10-13-28(27)38(32(33)41)17-21-8-11-25(36)12-9-21/h4-13,15,20,26,29,31,39H,14,16-19H2,1-3H3/t20-,26-,29+,31-,33+/m0/s1. The molecular formula is C33H35ClFIN2O4Si. The van der Waals surface area contributed by atoms with Crippen LogP contribution in [0.4, 0.5) is 9.80 Å². The van der Waals surface area contributed by atoms with E-state index in [2.05, 4.69) is 22.6 Å². The molecule has 2 amide bonds. The number of halogens is 3. The van der Waals surface area contributed by atoms with Gasteiger partial charge in [-0.2, -0.15) is 0 Å². The van der Waals surface area contributed by atoms with E-state index in [9.17, 15) is 14.7 Å². The third-order valence-corrected chi connectivity index (χ3v) is 12.9. The Kier molecular flexibility index (Phi) is 8.25. The van der Waals surface area contributed by atoms with Crippen LogP contribution in [0.15, 0.2) is 66.7 Å². The number of anilines is 1. The van der Waals surface area contributed by atoms with Gasteiger partial charge in [0, 0.05) is 32.2 Å². The van der Waals surface area contributed by atoms with Gasteiger partial charge in [-0.15, -0.1) is 0 Å². The van der Waals surface area contributed by atoms with Crippen LogP contribution in [0.2, 0.25) is 23.7 Å². The van der Waals surface area contributed by atoms with E-state index >= 15 is 4.11 Å². The number of carbonyl (C=O) groups is 2. The summed E-state index contributed by atoms with van der Waals surface area (Å²) < 4.78 is 24.1. The van der Waals surface area contributed by atoms with Crippen LogP contribution in [0.1, 0.15) is 35.6 Å². The Balaban J connectivity index is 1.35. The van der Waals surface area contributed by atoms with Crippen LogP contribution in [-0.4, -0.2) is 49.0 Å². The average molecular weight is 733 g/mol. The monoisotopic (exact) mass is 732 g/mol. The molecule has 3 heterocycles. The normalized spacial score (nSPS) is 26.6. The van der Waals surface area contributed by atoms with Gasteiger partial charge in [0.2, 0.25) is 14.3 Å². The molecule has 3 aromatic carbocycles. The number of nitrogens with zero attached hydrogens (tertiary/aromatic N) is 2. The van der Waals surface area contributed by atoms with Crippen molar-refractivity contribution in [3.63, 3.8) is 0 Å². The van der Waals surface area contributed by atoms with Crippen LogP contribution in [-0.2, 0) is 39.4 Å². The minimum atomic E-state index is -3.46. The highest BCUT2D eigenvalue weighted by atomic mass is 127. The van der Waals surface area contributed by atoms with E-state index in [-0.39, 0.29) is 30.9 Å². The van der Waals surface area contributed by atoms with Crippen LogP contribution in [0.25, 0.3) is 0 Å². The Morgan fingerprint density at radius 1 is 1.14 bits per heavy atom. The molecular weight excluding hydrogens is 698 g/mol. The van der Waals surface area contributed by atoms with Gasteiger partial charge >= 0.3 is 0 Å². The zero-order chi connectivity index (χ0) is 30.7. The number of hydrogen-bond acceptors (Lipinski definition) is 4. The largest absolute Gasteiger partial charge is 0.394 e. The zero-order valence-electron chi connectivity index (χ0n) is 24.4. The second kappa shape index (κ2) is 11.6. The number of carbonyl (C=O) groups excluding carboxylic acids is 2. The van der Waals surface area contributed by atoms with E-state index in [0.717, 1.165) is 20.3 Å². The summed E-state index contributed by atoms with van der Waals surface area (Å²) in [6, 6.07) is 20.9. The van der Waals surface area contributed by atoms with Crippen LogP contribution < -0.4 is 4.90 Å². The molecule has 0 saturated carbocycles. The van der Waals surface area contributed by atoms with Gasteiger partial charge in [-0.3, -0.25) is 9.59 Å². The summed E-state index contributed by atoms with van der Waals surface area (Å²) in [5, 5.41) is 10.6. The molecule has 226 valence electrons. The Hall–Kier alpha value is -2.31. The van der Waals surface area contributed by atoms with Crippen LogP contribution in [0.3, 0.4) is 0 Å². The van der Waals surface area contributed by atoms with Gasteiger partial charge in [0.1, 0.15) is 0 Å².